The van der Waals surface area contributed by atoms with Gasteiger partial charge in [-0.05, 0) is 85.2 Å². The van der Waals surface area contributed by atoms with Crippen LogP contribution in [0.5, 0.6) is 5.75 Å². The van der Waals surface area contributed by atoms with E-state index in [1.54, 1.807) is 41.0 Å². The number of methoxy groups -OCH3 is 1. The van der Waals surface area contributed by atoms with Crippen molar-refractivity contribution in [2.24, 2.45) is 5.92 Å². The number of halogens is 1. The quantitative estimate of drug-likeness (QED) is 0.116. The molecule has 0 saturated carbocycles. The number of anilines is 2. The number of hydrogen-bond acceptors (Lipinski definition) is 8. The van der Waals surface area contributed by atoms with Gasteiger partial charge in [-0.15, -0.1) is 5.10 Å². The highest BCUT2D eigenvalue weighted by Gasteiger charge is 2.66. The molecule has 0 aliphatic carbocycles. The van der Waals surface area contributed by atoms with Gasteiger partial charge in [0.25, 0.3) is 11.8 Å². The summed E-state index contributed by atoms with van der Waals surface area (Å²) >= 11 is 3.64. The lowest BCUT2D eigenvalue weighted by molar-refractivity contribution is -0.146. The number of carbonyl (C=O) groups excluding carboxylic acids is 2. The Morgan fingerprint density at radius 3 is 2.44 bits per heavy atom. The molecule has 2 aliphatic heterocycles. The van der Waals surface area contributed by atoms with Crippen molar-refractivity contribution in [2.45, 2.75) is 62.7 Å². The molecule has 5 atom stereocenters. The smallest absolute Gasteiger partial charge is 0.264 e. The molecule has 3 heterocycles. The molecule has 5 aromatic rings. The summed E-state index contributed by atoms with van der Waals surface area (Å²) in [5.74, 6) is -0.347. The number of rotatable bonds is 12. The van der Waals surface area contributed by atoms with E-state index >= 15 is 0 Å². The third-order valence-corrected chi connectivity index (χ3v) is 13.8. The van der Waals surface area contributed by atoms with E-state index in [-0.39, 0.29) is 35.8 Å². The van der Waals surface area contributed by atoms with Gasteiger partial charge in [0.15, 0.2) is 13.9 Å². The molecule has 4 aromatic carbocycles. The first-order valence-corrected chi connectivity index (χ1v) is 21.9. The Labute approximate surface area is 324 Å². The van der Waals surface area contributed by atoms with Crippen molar-refractivity contribution in [3.8, 4) is 5.75 Å². The Hall–Kier alpha value is -4.66. The van der Waals surface area contributed by atoms with Gasteiger partial charge in [-0.25, -0.2) is 0 Å². The van der Waals surface area contributed by atoms with Gasteiger partial charge in [-0.1, -0.05) is 70.5 Å². The van der Waals surface area contributed by atoms with Gasteiger partial charge in [-0.3, -0.25) is 14.3 Å². The fourth-order valence-corrected chi connectivity index (χ4v) is 11.2. The SMILES string of the molecule is COc1ccc(C(=O)Nc2ccc(CN3C(=O)[C@@]4(O[C@@H](CCn5cc(C(CO)c6ccccc6)nn5)[C@H]([Si](C)(C)O)[C@H]4C)c4cc(Br)ccc43)cc2)cc1. The van der Waals surface area contributed by atoms with Gasteiger partial charge < -0.3 is 29.6 Å². The summed E-state index contributed by atoms with van der Waals surface area (Å²) in [4.78, 5) is 41.2. The molecule has 2 amide bonds. The summed E-state index contributed by atoms with van der Waals surface area (Å²) < 4.78 is 14.8. The maximum Gasteiger partial charge on any atom is 0.264 e. The van der Waals surface area contributed by atoms with Crippen molar-refractivity contribution < 1.29 is 29.0 Å². The summed E-state index contributed by atoms with van der Waals surface area (Å²) in [5.41, 5.74) is 3.64. The number of ether oxygens (including phenoxy) is 2. The van der Waals surface area contributed by atoms with E-state index in [2.05, 4.69) is 31.6 Å². The molecule has 2 aliphatic rings. The van der Waals surface area contributed by atoms with Crippen LogP contribution in [0.3, 0.4) is 0 Å². The number of aromatic nitrogens is 3. The Morgan fingerprint density at radius 1 is 1.06 bits per heavy atom. The zero-order valence-electron chi connectivity index (χ0n) is 30.6. The zero-order chi connectivity index (χ0) is 38.2. The maximum absolute atomic E-state index is 14.9. The first kappa shape index (κ1) is 37.6. The summed E-state index contributed by atoms with van der Waals surface area (Å²) in [7, 11) is -1.30. The number of nitrogens with zero attached hydrogens (tertiary/aromatic N) is 4. The Morgan fingerprint density at radius 2 is 1.78 bits per heavy atom. The summed E-state index contributed by atoms with van der Waals surface area (Å²) in [6, 6.07) is 29.9. The molecule has 1 aromatic heterocycles. The van der Waals surface area contributed by atoms with Crippen molar-refractivity contribution in [1.82, 2.24) is 15.0 Å². The molecule has 7 rings (SSSR count). The molecule has 54 heavy (non-hydrogen) atoms. The van der Waals surface area contributed by atoms with E-state index in [9.17, 15) is 19.5 Å². The van der Waals surface area contributed by atoms with Crippen LogP contribution < -0.4 is 15.0 Å². The van der Waals surface area contributed by atoms with Crippen LogP contribution in [-0.4, -0.2) is 64.8 Å². The molecule has 3 N–H and O–H groups in total. The van der Waals surface area contributed by atoms with Gasteiger partial charge in [0.2, 0.25) is 0 Å². The van der Waals surface area contributed by atoms with E-state index in [1.165, 1.54) is 0 Å². The van der Waals surface area contributed by atoms with Gasteiger partial charge in [0.05, 0.1) is 43.7 Å². The van der Waals surface area contributed by atoms with Crippen LogP contribution in [0.2, 0.25) is 18.6 Å². The summed E-state index contributed by atoms with van der Waals surface area (Å²) in [6.45, 7) is 6.51. The lowest BCUT2D eigenvalue weighted by Gasteiger charge is -2.32. The van der Waals surface area contributed by atoms with E-state index in [1.807, 2.05) is 99.0 Å². The van der Waals surface area contributed by atoms with Crippen molar-refractivity contribution >= 4 is 47.4 Å². The highest BCUT2D eigenvalue weighted by Crippen LogP contribution is 2.60. The lowest BCUT2D eigenvalue weighted by atomic mass is 9.82. The molecule has 1 spiro atoms. The number of hydrogen-bond donors (Lipinski definition) is 3. The minimum absolute atomic E-state index is 0.0975. The molecule has 13 heteroatoms. The number of aliphatic hydroxyl groups is 1. The lowest BCUT2D eigenvalue weighted by Crippen LogP contribution is -2.46. The average Bonchev–Trinajstić information content (AvgIpc) is 3.82. The number of nitrogens with one attached hydrogen (secondary N) is 1. The number of benzene rings is 4. The van der Waals surface area contributed by atoms with Crippen molar-refractivity contribution in [3.63, 3.8) is 0 Å². The largest absolute Gasteiger partial charge is 0.497 e. The van der Waals surface area contributed by atoms with Gasteiger partial charge >= 0.3 is 0 Å². The molecule has 11 nitrogen and oxygen atoms in total. The highest BCUT2D eigenvalue weighted by atomic mass is 79.9. The second-order valence-corrected chi connectivity index (χ2v) is 19.5. The van der Waals surface area contributed by atoms with E-state index < -0.39 is 20.0 Å². The van der Waals surface area contributed by atoms with Crippen molar-refractivity contribution in [1.29, 1.82) is 0 Å². The fraction of sp³-hybridized carbons (Fsp3) is 0.317. The number of amides is 2. The average molecular weight is 811 g/mol. The van der Waals surface area contributed by atoms with Crippen LogP contribution in [-0.2, 0) is 28.2 Å². The molecular formula is C41H44BrN5O6Si. The molecular weight excluding hydrogens is 766 g/mol. The second-order valence-electron chi connectivity index (χ2n) is 14.6. The van der Waals surface area contributed by atoms with Crippen LogP contribution in [0.15, 0.2) is 108 Å². The monoisotopic (exact) mass is 809 g/mol. The van der Waals surface area contributed by atoms with E-state index in [4.69, 9.17) is 9.47 Å². The van der Waals surface area contributed by atoms with Crippen LogP contribution in [0.1, 0.15) is 52.0 Å². The molecule has 1 unspecified atom stereocenters. The van der Waals surface area contributed by atoms with Crippen molar-refractivity contribution in [2.75, 3.05) is 23.9 Å². The number of aliphatic hydroxyl groups excluding tert-OH is 1. The van der Waals surface area contributed by atoms with Gasteiger partial charge in [0.1, 0.15) is 5.75 Å². The van der Waals surface area contributed by atoms with Crippen LogP contribution >= 0.6 is 15.9 Å². The van der Waals surface area contributed by atoms with Gasteiger partial charge in [-0.2, -0.15) is 0 Å². The standard InChI is InChI=1S/C41H44BrN5O6Si/c1-26-38(54(3,4)51)37(20-21-46-24-35(44-45-46)33(25-48)28-8-6-5-7-9-28)53-41(26)34-22-30(42)14-19-36(34)47(40(41)50)23-27-10-15-31(16-11-27)43-39(49)29-12-17-32(52-2)18-13-29/h5-19,22,24,26,33,37-38,48,51H,20-21,23,25H2,1-4H3,(H,43,49)/t26-,33?,37+,38-,41+/m1/s1. The third kappa shape index (κ3) is 7.14. The predicted octanol–water partition coefficient (Wildman–Crippen LogP) is 6.86. The maximum atomic E-state index is 14.9. The van der Waals surface area contributed by atoms with Crippen molar-refractivity contribution in [3.05, 3.63) is 136 Å². The number of aryl methyl sites for hydroxylation is 1. The topological polar surface area (TPSA) is 139 Å². The van der Waals surface area contributed by atoms with Crippen LogP contribution in [0.4, 0.5) is 11.4 Å². The number of carbonyl (C=O) groups is 2. The zero-order valence-corrected chi connectivity index (χ0v) is 33.2. The van der Waals surface area contributed by atoms with Crippen LogP contribution in [0, 0.1) is 5.92 Å². The fourth-order valence-electron chi connectivity index (χ4n) is 8.20. The first-order valence-electron chi connectivity index (χ1n) is 18.0. The minimum atomic E-state index is -2.88. The minimum Gasteiger partial charge on any atom is -0.497 e. The summed E-state index contributed by atoms with van der Waals surface area (Å²) in [6.07, 6.45) is 1.93. The van der Waals surface area contributed by atoms with Gasteiger partial charge in [0, 0.05) is 45.5 Å². The first-order chi connectivity index (χ1) is 25.9. The normalized spacial score (nSPS) is 21.4. The number of fused-ring (bicyclic) bond motifs is 2. The Balaban J connectivity index is 1.11. The highest BCUT2D eigenvalue weighted by molar-refractivity contribution is 9.10. The second kappa shape index (κ2) is 15.2. The van der Waals surface area contributed by atoms with E-state index in [0.717, 1.165) is 26.9 Å². The van der Waals surface area contributed by atoms with E-state index in [0.29, 0.717) is 42.2 Å². The molecule has 280 valence electrons. The Kier molecular flexibility index (Phi) is 10.6. The van der Waals surface area contributed by atoms with Crippen LogP contribution in [0.25, 0.3) is 0 Å². The molecule has 1 fully saturated rings. The Bertz CT molecular complexity index is 2120. The predicted molar refractivity (Wildman–Crippen MR) is 212 cm³/mol. The molecule has 1 saturated heterocycles. The molecule has 0 bridgehead atoms. The third-order valence-electron chi connectivity index (χ3n) is 10.8. The molecule has 0 radical (unpaired) electrons. The summed E-state index contributed by atoms with van der Waals surface area (Å²) in [5, 5.41) is 21.9.